The van der Waals surface area contributed by atoms with Crippen molar-refractivity contribution in [3.05, 3.63) is 95.9 Å². The van der Waals surface area contributed by atoms with E-state index in [-0.39, 0.29) is 24.8 Å². The summed E-state index contributed by atoms with van der Waals surface area (Å²) >= 11 is 0. The summed E-state index contributed by atoms with van der Waals surface area (Å²) in [6.07, 6.45) is 1.62. The first-order valence-corrected chi connectivity index (χ1v) is 9.64. The molecule has 1 aliphatic heterocycles. The van der Waals surface area contributed by atoms with Gasteiger partial charge in [-0.3, -0.25) is 0 Å². The minimum absolute atomic E-state index is 0.0643. The van der Waals surface area contributed by atoms with Crippen LogP contribution >= 0.6 is 0 Å². The van der Waals surface area contributed by atoms with Crippen LogP contribution in [0, 0.1) is 5.82 Å². The molecule has 1 aromatic heterocycles. The molecule has 7 heteroatoms. The molecule has 0 unspecified atom stereocenters. The van der Waals surface area contributed by atoms with E-state index in [9.17, 15) is 9.18 Å². The highest BCUT2D eigenvalue weighted by Gasteiger charge is 2.21. The van der Waals surface area contributed by atoms with Gasteiger partial charge in [-0.05, 0) is 54.1 Å². The zero-order chi connectivity index (χ0) is 21.2. The smallest absolute Gasteiger partial charge is 0.342 e. The van der Waals surface area contributed by atoms with Crippen LogP contribution in [0.15, 0.2) is 79.0 Å². The van der Waals surface area contributed by atoms with Crippen molar-refractivity contribution in [1.82, 2.24) is 9.78 Å². The van der Waals surface area contributed by atoms with Crippen LogP contribution in [0.1, 0.15) is 15.9 Å². The van der Waals surface area contributed by atoms with Gasteiger partial charge in [-0.25, -0.2) is 13.9 Å². The van der Waals surface area contributed by atoms with Crippen LogP contribution in [0.5, 0.6) is 11.5 Å². The van der Waals surface area contributed by atoms with E-state index in [0.29, 0.717) is 22.8 Å². The molecule has 0 spiro atoms. The molecule has 4 aromatic rings. The third-order valence-corrected chi connectivity index (χ3v) is 4.88. The van der Waals surface area contributed by atoms with Crippen LogP contribution in [-0.4, -0.2) is 22.5 Å². The summed E-state index contributed by atoms with van der Waals surface area (Å²) in [5.74, 6) is 0.396. The van der Waals surface area contributed by atoms with Crippen molar-refractivity contribution >= 4 is 5.97 Å². The molecule has 0 fully saturated rings. The Morgan fingerprint density at radius 3 is 2.58 bits per heavy atom. The van der Waals surface area contributed by atoms with E-state index < -0.39 is 5.97 Å². The number of carbonyl (C=O) groups excluding carboxylic acids is 1. The number of ether oxygens (including phenoxy) is 3. The van der Waals surface area contributed by atoms with E-state index in [2.05, 4.69) is 5.10 Å². The molecule has 6 nitrogen and oxygen atoms in total. The maximum atomic E-state index is 13.4. The minimum Gasteiger partial charge on any atom is -0.457 e. The molecule has 0 amide bonds. The number of nitrogens with zero attached hydrogens (tertiary/aromatic N) is 2. The molecule has 0 radical (unpaired) electrons. The van der Waals surface area contributed by atoms with Gasteiger partial charge in [0.25, 0.3) is 0 Å². The Hall–Kier alpha value is -4.13. The van der Waals surface area contributed by atoms with Gasteiger partial charge in [0, 0.05) is 11.8 Å². The Kier molecular flexibility index (Phi) is 4.84. The molecule has 5 rings (SSSR count). The normalized spacial score (nSPS) is 12.0. The van der Waals surface area contributed by atoms with Crippen LogP contribution in [0.25, 0.3) is 16.9 Å². The number of halogens is 1. The molecule has 0 bridgehead atoms. The van der Waals surface area contributed by atoms with Gasteiger partial charge in [-0.15, -0.1) is 0 Å². The van der Waals surface area contributed by atoms with Gasteiger partial charge < -0.3 is 14.2 Å². The van der Waals surface area contributed by atoms with E-state index in [0.717, 1.165) is 11.3 Å². The predicted molar refractivity (Wildman–Crippen MR) is 111 cm³/mol. The van der Waals surface area contributed by atoms with E-state index in [1.165, 1.54) is 12.1 Å². The second-order valence-electron chi connectivity index (χ2n) is 6.94. The summed E-state index contributed by atoms with van der Waals surface area (Å²) in [6.45, 7) is 0.243. The fraction of sp³-hybridized carbons (Fsp3) is 0.0833. The van der Waals surface area contributed by atoms with Crippen molar-refractivity contribution in [2.45, 2.75) is 6.61 Å². The van der Waals surface area contributed by atoms with Gasteiger partial charge in [0.2, 0.25) is 6.79 Å². The Morgan fingerprint density at radius 1 is 1.00 bits per heavy atom. The molecule has 0 atom stereocenters. The maximum Gasteiger partial charge on any atom is 0.342 e. The van der Waals surface area contributed by atoms with Crippen molar-refractivity contribution in [2.75, 3.05) is 6.79 Å². The van der Waals surface area contributed by atoms with E-state index >= 15 is 0 Å². The Balaban J connectivity index is 1.44. The van der Waals surface area contributed by atoms with E-state index in [1.807, 2.05) is 36.4 Å². The molecule has 2 heterocycles. The second kappa shape index (κ2) is 7.95. The Labute approximate surface area is 177 Å². The quantitative estimate of drug-likeness (QED) is 0.439. The number of carbonyl (C=O) groups is 1. The average Bonchev–Trinajstić information content (AvgIpc) is 3.46. The van der Waals surface area contributed by atoms with Crippen LogP contribution < -0.4 is 9.47 Å². The van der Waals surface area contributed by atoms with Gasteiger partial charge in [0.1, 0.15) is 23.7 Å². The first-order chi connectivity index (χ1) is 15.2. The predicted octanol–water partition coefficient (Wildman–Crippen LogP) is 4.76. The molecule has 1 aliphatic rings. The summed E-state index contributed by atoms with van der Waals surface area (Å²) in [7, 11) is 0. The number of aromatic nitrogens is 2. The van der Waals surface area contributed by atoms with Crippen molar-refractivity contribution in [2.24, 2.45) is 0 Å². The van der Waals surface area contributed by atoms with Gasteiger partial charge in [0.05, 0.1) is 5.69 Å². The molecule has 0 N–H and O–H groups in total. The first kappa shape index (κ1) is 18.9. The molecular weight excluding hydrogens is 399 g/mol. The lowest BCUT2D eigenvalue weighted by atomic mass is 10.1. The maximum absolute atomic E-state index is 13.4. The van der Waals surface area contributed by atoms with Crippen molar-refractivity contribution in [3.8, 4) is 28.4 Å². The van der Waals surface area contributed by atoms with Gasteiger partial charge in [-0.1, -0.05) is 24.3 Å². The summed E-state index contributed by atoms with van der Waals surface area (Å²) in [4.78, 5) is 13.0. The topological polar surface area (TPSA) is 62.6 Å². The van der Waals surface area contributed by atoms with Crippen LogP contribution in [-0.2, 0) is 11.3 Å². The average molecular weight is 416 g/mol. The zero-order valence-electron chi connectivity index (χ0n) is 16.3. The van der Waals surface area contributed by atoms with Crippen molar-refractivity contribution in [3.63, 3.8) is 0 Å². The lowest BCUT2D eigenvalue weighted by Crippen LogP contribution is -2.06. The molecule has 0 saturated heterocycles. The fourth-order valence-corrected chi connectivity index (χ4v) is 3.31. The number of hydrogen-bond donors (Lipinski definition) is 0. The number of benzene rings is 3. The van der Waals surface area contributed by atoms with Gasteiger partial charge in [-0.2, -0.15) is 5.10 Å². The number of fused-ring (bicyclic) bond motifs is 1. The van der Waals surface area contributed by atoms with E-state index in [1.54, 1.807) is 35.1 Å². The molecule has 0 saturated carbocycles. The first-order valence-electron chi connectivity index (χ1n) is 9.64. The van der Waals surface area contributed by atoms with Gasteiger partial charge >= 0.3 is 5.97 Å². The number of hydrogen-bond acceptors (Lipinski definition) is 5. The molecule has 0 aliphatic carbocycles. The molecular formula is C24H17FN2O4. The lowest BCUT2D eigenvalue weighted by molar-refractivity contribution is 0.0473. The molecule has 154 valence electrons. The van der Waals surface area contributed by atoms with E-state index in [4.69, 9.17) is 14.2 Å². The fourth-order valence-electron chi connectivity index (χ4n) is 3.31. The number of para-hydroxylation sites is 1. The zero-order valence-corrected chi connectivity index (χ0v) is 16.3. The minimum atomic E-state index is -0.529. The molecule has 31 heavy (non-hydrogen) atoms. The summed E-state index contributed by atoms with van der Waals surface area (Å²) in [5.41, 5.74) is 2.89. The summed E-state index contributed by atoms with van der Waals surface area (Å²) in [6, 6.07) is 20.6. The van der Waals surface area contributed by atoms with Crippen molar-refractivity contribution < 1.29 is 23.4 Å². The van der Waals surface area contributed by atoms with Crippen LogP contribution in [0.4, 0.5) is 4.39 Å². The summed E-state index contributed by atoms with van der Waals surface area (Å²) in [5, 5.41) is 4.56. The third-order valence-electron chi connectivity index (χ3n) is 4.88. The van der Waals surface area contributed by atoms with Crippen LogP contribution in [0.3, 0.4) is 0 Å². The number of esters is 1. The molecule has 3 aromatic carbocycles. The van der Waals surface area contributed by atoms with Gasteiger partial charge in [0.15, 0.2) is 11.5 Å². The van der Waals surface area contributed by atoms with Crippen molar-refractivity contribution in [1.29, 1.82) is 0 Å². The Morgan fingerprint density at radius 2 is 1.77 bits per heavy atom. The highest BCUT2D eigenvalue weighted by Crippen LogP contribution is 2.33. The standard InChI is InChI=1S/C24H17FN2O4/c25-18-9-7-17(8-10-18)23-20(13-27(26-23)19-4-2-1-3-5-19)24(28)29-14-16-6-11-21-22(12-16)31-15-30-21/h1-13H,14-15H2. The van der Waals surface area contributed by atoms with Crippen LogP contribution in [0.2, 0.25) is 0 Å². The third kappa shape index (κ3) is 3.85. The largest absolute Gasteiger partial charge is 0.457 e. The second-order valence-corrected chi connectivity index (χ2v) is 6.94. The highest BCUT2D eigenvalue weighted by atomic mass is 19.1. The highest BCUT2D eigenvalue weighted by molar-refractivity contribution is 5.96. The lowest BCUT2D eigenvalue weighted by Gasteiger charge is -2.06. The Bertz CT molecular complexity index is 1240. The summed E-state index contributed by atoms with van der Waals surface area (Å²) < 4.78 is 31.2. The SMILES string of the molecule is O=C(OCc1ccc2c(c1)OCO2)c1cn(-c2ccccc2)nc1-c1ccc(F)cc1. The monoisotopic (exact) mass is 416 g/mol. The number of rotatable bonds is 5.